The molecule has 0 aliphatic rings. The summed E-state index contributed by atoms with van der Waals surface area (Å²) in [6.07, 6.45) is 1.11. The maximum atomic E-state index is 13.9. The Hall–Kier alpha value is -2.87. The molecule has 2 aromatic carbocycles. The zero-order valence-electron chi connectivity index (χ0n) is 15.6. The van der Waals surface area contributed by atoms with Crippen LogP contribution >= 0.6 is 0 Å². The Morgan fingerprint density at radius 3 is 2.14 bits per heavy atom. The first-order valence-corrected chi connectivity index (χ1v) is 10.4. The molecule has 1 heterocycles. The van der Waals surface area contributed by atoms with Crippen molar-refractivity contribution >= 4 is 15.8 Å². The van der Waals surface area contributed by atoms with Crippen molar-refractivity contribution in [1.82, 2.24) is 9.97 Å². The Balaban J connectivity index is 2.12. The summed E-state index contributed by atoms with van der Waals surface area (Å²) in [5, 5.41) is 3.11. The van der Waals surface area contributed by atoms with E-state index in [0.717, 1.165) is 29.8 Å². The lowest BCUT2D eigenvalue weighted by molar-refractivity contribution is 0.506. The Bertz CT molecular complexity index is 1110. The predicted molar refractivity (Wildman–Crippen MR) is 103 cm³/mol. The lowest BCUT2D eigenvalue weighted by atomic mass is 9.98. The molecule has 1 N–H and O–H groups in total. The average molecular weight is 403 g/mol. The standard InChI is InChI=1S/C20H19F2N3O2S/c1-12-9-13(2)24-20(23-12)25-19(15-7-8-17(21)18(22)11-15)14-5-4-6-16(10-14)28(3,26)27/h4-11,19H,1-3H3,(H,23,24,25). The van der Waals surface area contributed by atoms with Gasteiger partial charge in [0.2, 0.25) is 5.95 Å². The largest absolute Gasteiger partial charge is 0.343 e. The van der Waals surface area contributed by atoms with Gasteiger partial charge in [-0.3, -0.25) is 0 Å². The Morgan fingerprint density at radius 2 is 1.54 bits per heavy atom. The first kappa shape index (κ1) is 19.9. The molecule has 0 bridgehead atoms. The van der Waals surface area contributed by atoms with E-state index in [-0.39, 0.29) is 4.90 Å². The maximum absolute atomic E-state index is 13.9. The normalized spacial score (nSPS) is 12.6. The van der Waals surface area contributed by atoms with Gasteiger partial charge in [-0.15, -0.1) is 0 Å². The Kier molecular flexibility index (Phi) is 5.42. The second-order valence-electron chi connectivity index (χ2n) is 6.57. The van der Waals surface area contributed by atoms with Gasteiger partial charge < -0.3 is 5.32 Å². The van der Waals surface area contributed by atoms with Crippen molar-refractivity contribution in [3.63, 3.8) is 0 Å². The molecule has 1 aromatic heterocycles. The van der Waals surface area contributed by atoms with Gasteiger partial charge in [0.05, 0.1) is 10.9 Å². The van der Waals surface area contributed by atoms with Gasteiger partial charge in [-0.25, -0.2) is 27.2 Å². The van der Waals surface area contributed by atoms with Gasteiger partial charge >= 0.3 is 0 Å². The van der Waals surface area contributed by atoms with E-state index in [0.29, 0.717) is 17.1 Å². The molecule has 3 aromatic rings. The molecular formula is C20H19F2N3O2S. The van der Waals surface area contributed by atoms with Crippen LogP contribution in [0.25, 0.3) is 0 Å². The van der Waals surface area contributed by atoms with Crippen LogP contribution in [-0.4, -0.2) is 24.6 Å². The number of rotatable bonds is 5. The number of nitrogens with one attached hydrogen (secondary N) is 1. The number of nitrogens with zero attached hydrogens (tertiary/aromatic N) is 2. The smallest absolute Gasteiger partial charge is 0.223 e. The van der Waals surface area contributed by atoms with Crippen molar-refractivity contribution in [3.05, 3.63) is 82.7 Å². The van der Waals surface area contributed by atoms with Crippen LogP contribution in [0.1, 0.15) is 28.6 Å². The van der Waals surface area contributed by atoms with Gasteiger partial charge in [0, 0.05) is 17.6 Å². The van der Waals surface area contributed by atoms with E-state index in [4.69, 9.17) is 0 Å². The molecule has 0 radical (unpaired) electrons. The second-order valence-corrected chi connectivity index (χ2v) is 8.59. The van der Waals surface area contributed by atoms with Crippen LogP contribution in [0.4, 0.5) is 14.7 Å². The summed E-state index contributed by atoms with van der Waals surface area (Å²) in [7, 11) is -3.44. The number of sulfone groups is 1. The molecule has 0 saturated heterocycles. The molecule has 1 unspecified atom stereocenters. The number of aromatic nitrogens is 2. The molecule has 1 atom stereocenters. The summed E-state index contributed by atoms with van der Waals surface area (Å²) in [5.74, 6) is -1.66. The minimum atomic E-state index is -3.44. The van der Waals surface area contributed by atoms with E-state index in [1.807, 2.05) is 19.9 Å². The monoisotopic (exact) mass is 403 g/mol. The van der Waals surface area contributed by atoms with Crippen LogP contribution in [-0.2, 0) is 9.84 Å². The van der Waals surface area contributed by atoms with Crippen molar-refractivity contribution in [2.45, 2.75) is 24.8 Å². The molecule has 3 rings (SSSR count). The molecule has 0 aliphatic heterocycles. The van der Waals surface area contributed by atoms with Crippen molar-refractivity contribution < 1.29 is 17.2 Å². The van der Waals surface area contributed by atoms with Gasteiger partial charge in [0.15, 0.2) is 21.5 Å². The third-order valence-electron chi connectivity index (χ3n) is 4.15. The Labute approximate surface area is 162 Å². The lowest BCUT2D eigenvalue weighted by Crippen LogP contribution is -2.16. The third-order valence-corrected chi connectivity index (χ3v) is 5.26. The van der Waals surface area contributed by atoms with E-state index >= 15 is 0 Å². The maximum Gasteiger partial charge on any atom is 0.223 e. The second kappa shape index (κ2) is 7.63. The first-order chi connectivity index (χ1) is 13.1. The van der Waals surface area contributed by atoms with Crippen LogP contribution in [0.5, 0.6) is 0 Å². The summed E-state index contributed by atoms with van der Waals surface area (Å²) < 4.78 is 51.2. The van der Waals surface area contributed by atoms with Crippen LogP contribution in [0.3, 0.4) is 0 Å². The number of halogens is 2. The van der Waals surface area contributed by atoms with Gasteiger partial charge in [-0.1, -0.05) is 18.2 Å². The fourth-order valence-corrected chi connectivity index (χ4v) is 3.57. The molecule has 5 nitrogen and oxygen atoms in total. The van der Waals surface area contributed by atoms with Crippen molar-refractivity contribution in [3.8, 4) is 0 Å². The SMILES string of the molecule is Cc1cc(C)nc(NC(c2cccc(S(C)(=O)=O)c2)c2ccc(F)c(F)c2)n1. The van der Waals surface area contributed by atoms with Gasteiger partial charge in [0.25, 0.3) is 0 Å². The highest BCUT2D eigenvalue weighted by Crippen LogP contribution is 2.28. The van der Waals surface area contributed by atoms with E-state index in [1.165, 1.54) is 18.2 Å². The molecular weight excluding hydrogens is 384 g/mol. The van der Waals surface area contributed by atoms with Crippen molar-refractivity contribution in [2.75, 3.05) is 11.6 Å². The minimum Gasteiger partial charge on any atom is -0.343 e. The van der Waals surface area contributed by atoms with Crippen LogP contribution in [0.2, 0.25) is 0 Å². The minimum absolute atomic E-state index is 0.126. The molecule has 0 spiro atoms. The molecule has 0 saturated carbocycles. The van der Waals surface area contributed by atoms with Crippen LogP contribution in [0, 0.1) is 25.5 Å². The van der Waals surface area contributed by atoms with E-state index in [2.05, 4.69) is 15.3 Å². The highest BCUT2D eigenvalue weighted by Gasteiger charge is 2.19. The number of aryl methyl sites for hydroxylation is 2. The summed E-state index contributed by atoms with van der Waals surface area (Å²) in [6.45, 7) is 3.63. The summed E-state index contributed by atoms with van der Waals surface area (Å²) >= 11 is 0. The highest BCUT2D eigenvalue weighted by molar-refractivity contribution is 7.90. The predicted octanol–water partition coefficient (Wildman–Crippen LogP) is 3.98. The molecule has 28 heavy (non-hydrogen) atoms. The quantitative estimate of drug-likeness (QED) is 0.698. The number of hydrogen-bond acceptors (Lipinski definition) is 5. The number of anilines is 1. The van der Waals surface area contributed by atoms with Gasteiger partial charge in [-0.2, -0.15) is 0 Å². The molecule has 0 amide bonds. The molecule has 8 heteroatoms. The number of hydrogen-bond donors (Lipinski definition) is 1. The average Bonchev–Trinajstić information content (AvgIpc) is 2.61. The molecule has 146 valence electrons. The van der Waals surface area contributed by atoms with E-state index in [9.17, 15) is 17.2 Å². The fourth-order valence-electron chi connectivity index (χ4n) is 2.90. The van der Waals surface area contributed by atoms with Gasteiger partial charge in [-0.05, 0) is 55.3 Å². The lowest BCUT2D eigenvalue weighted by Gasteiger charge is -2.21. The third kappa shape index (κ3) is 4.51. The van der Waals surface area contributed by atoms with Crippen LogP contribution < -0.4 is 5.32 Å². The summed E-state index contributed by atoms with van der Waals surface area (Å²) in [4.78, 5) is 8.78. The van der Waals surface area contributed by atoms with E-state index < -0.39 is 27.5 Å². The van der Waals surface area contributed by atoms with Crippen molar-refractivity contribution in [2.24, 2.45) is 0 Å². The Morgan fingerprint density at radius 1 is 0.893 bits per heavy atom. The zero-order valence-corrected chi connectivity index (χ0v) is 16.4. The van der Waals surface area contributed by atoms with Gasteiger partial charge in [0.1, 0.15) is 0 Å². The number of benzene rings is 2. The first-order valence-electron chi connectivity index (χ1n) is 8.47. The fraction of sp³-hybridized carbons (Fsp3) is 0.200. The molecule has 0 fully saturated rings. The van der Waals surface area contributed by atoms with Crippen LogP contribution in [0.15, 0.2) is 53.4 Å². The zero-order chi connectivity index (χ0) is 20.5. The summed E-state index contributed by atoms with van der Waals surface area (Å²) in [5.41, 5.74) is 2.44. The van der Waals surface area contributed by atoms with Crippen molar-refractivity contribution in [1.29, 1.82) is 0 Å². The summed E-state index contributed by atoms with van der Waals surface area (Å²) in [6, 6.07) is 10.9. The molecule has 0 aliphatic carbocycles. The highest BCUT2D eigenvalue weighted by atomic mass is 32.2. The van der Waals surface area contributed by atoms with E-state index in [1.54, 1.807) is 12.1 Å². The topological polar surface area (TPSA) is 72.0 Å².